The second-order valence-corrected chi connectivity index (χ2v) is 6.12. The van der Waals surface area contributed by atoms with E-state index in [1.165, 1.54) is 5.56 Å². The Morgan fingerprint density at radius 2 is 2.00 bits per heavy atom. The van der Waals surface area contributed by atoms with Gasteiger partial charge in [0.25, 0.3) is 0 Å². The van der Waals surface area contributed by atoms with Crippen molar-refractivity contribution in [3.05, 3.63) is 58.9 Å². The van der Waals surface area contributed by atoms with Crippen molar-refractivity contribution in [2.24, 2.45) is 21.8 Å². The second-order valence-electron chi connectivity index (χ2n) is 5.45. The minimum absolute atomic E-state index is 0.237. The van der Waals surface area contributed by atoms with E-state index in [1.807, 2.05) is 38.2 Å². The molecule has 1 aromatic carbocycles. The van der Waals surface area contributed by atoms with Gasteiger partial charge < -0.3 is 5.73 Å². The Morgan fingerprint density at radius 1 is 1.24 bits per heavy atom. The maximum atomic E-state index is 6.13. The molecule has 2 aromatic rings. The number of benzene rings is 1. The Balaban J connectivity index is 0.00000109. The van der Waals surface area contributed by atoms with Gasteiger partial charge in [-0.2, -0.15) is 0 Å². The first-order valence-corrected chi connectivity index (χ1v) is 9.36. The van der Waals surface area contributed by atoms with Gasteiger partial charge in [-0.25, -0.2) is 11.4 Å². The Bertz CT molecular complexity index is 731. The van der Waals surface area contributed by atoms with E-state index in [1.54, 1.807) is 0 Å². The fourth-order valence-electron chi connectivity index (χ4n) is 3.27. The van der Waals surface area contributed by atoms with E-state index in [4.69, 9.17) is 16.7 Å². The van der Waals surface area contributed by atoms with Crippen molar-refractivity contribution >= 4 is 17.8 Å². The van der Waals surface area contributed by atoms with Crippen LogP contribution in [0.5, 0.6) is 0 Å². The lowest BCUT2D eigenvalue weighted by atomic mass is 9.79. The van der Waals surface area contributed by atoms with Crippen LogP contribution in [0.1, 0.15) is 55.0 Å². The summed E-state index contributed by atoms with van der Waals surface area (Å²) < 4.78 is 0. The van der Waals surface area contributed by atoms with Gasteiger partial charge >= 0.3 is 0 Å². The third-order valence-corrected chi connectivity index (χ3v) is 4.80. The van der Waals surface area contributed by atoms with Crippen molar-refractivity contribution in [2.75, 3.05) is 0 Å². The van der Waals surface area contributed by atoms with E-state index < -0.39 is 0 Å². The summed E-state index contributed by atoms with van der Waals surface area (Å²) >= 11 is 1.16. The predicted molar refractivity (Wildman–Crippen MR) is 105 cm³/mol. The fourth-order valence-corrected chi connectivity index (χ4v) is 3.76. The average molecular weight is 359 g/mol. The monoisotopic (exact) mass is 358 g/mol. The van der Waals surface area contributed by atoms with Gasteiger partial charge in [-0.1, -0.05) is 32.0 Å². The van der Waals surface area contributed by atoms with Gasteiger partial charge in [0, 0.05) is 28.3 Å². The third-order valence-electron chi connectivity index (χ3n) is 4.21. The first-order valence-electron chi connectivity index (χ1n) is 8.48. The summed E-state index contributed by atoms with van der Waals surface area (Å²) in [7, 11) is 0. The molecule has 0 amide bonds. The van der Waals surface area contributed by atoms with Crippen LogP contribution in [0.15, 0.2) is 46.5 Å². The smallest absolute Gasteiger partial charge is 0.153 e. The first-order chi connectivity index (χ1) is 12.3. The number of fused-ring (bicyclic) bond motifs is 1. The van der Waals surface area contributed by atoms with Gasteiger partial charge in [0.1, 0.15) is 0 Å². The normalized spacial score (nSPS) is 16.5. The molecule has 7 heteroatoms. The van der Waals surface area contributed by atoms with Crippen LogP contribution in [-0.4, -0.2) is 10.8 Å². The highest BCUT2D eigenvalue weighted by atomic mass is 32.2. The molecular formula is C18H26N6S. The highest BCUT2D eigenvalue weighted by Gasteiger charge is 2.26. The average Bonchev–Trinajstić information content (AvgIpc) is 2.68. The number of rotatable bonds is 4. The number of nitrogens with two attached hydrogens (primary N) is 3. The predicted octanol–water partition coefficient (Wildman–Crippen LogP) is 2.63. The van der Waals surface area contributed by atoms with Gasteiger partial charge in [0.15, 0.2) is 5.84 Å². The molecule has 0 bridgehead atoms. The lowest BCUT2D eigenvalue weighted by Crippen LogP contribution is -2.26. The quantitative estimate of drug-likeness (QED) is 0.219. The summed E-state index contributed by atoms with van der Waals surface area (Å²) in [5.74, 6) is 5.87. The van der Waals surface area contributed by atoms with Gasteiger partial charge in [-0.05, 0) is 54.5 Å². The summed E-state index contributed by atoms with van der Waals surface area (Å²) in [6, 6.07) is 10.2. The van der Waals surface area contributed by atoms with Crippen LogP contribution in [0, 0.1) is 0 Å². The summed E-state index contributed by atoms with van der Waals surface area (Å²) in [5.41, 5.74) is 12.8. The van der Waals surface area contributed by atoms with Crippen molar-refractivity contribution in [1.29, 1.82) is 0 Å². The van der Waals surface area contributed by atoms with Crippen LogP contribution in [0.2, 0.25) is 0 Å². The summed E-state index contributed by atoms with van der Waals surface area (Å²) in [4.78, 5) is 5.41. The topological polar surface area (TPSA) is 115 Å². The molecule has 6 nitrogen and oxygen atoms in total. The molecule has 7 N–H and O–H groups in total. The number of hydrazone groups is 1. The SMILES string of the molecule is CC.NN/N=C(\N)c1c(SN)cccc1C1CCCc2ncccc21. The van der Waals surface area contributed by atoms with Crippen LogP contribution in [0.3, 0.4) is 0 Å². The number of hydrazine groups is 1. The van der Waals surface area contributed by atoms with Crippen molar-refractivity contribution < 1.29 is 0 Å². The number of nitrogens with one attached hydrogen (secondary N) is 1. The van der Waals surface area contributed by atoms with Gasteiger partial charge in [0.05, 0.1) is 0 Å². The number of hydrogen-bond acceptors (Lipinski definition) is 6. The van der Waals surface area contributed by atoms with Crippen LogP contribution in [-0.2, 0) is 6.42 Å². The number of hydrogen-bond donors (Lipinski definition) is 4. The molecule has 1 atom stereocenters. The lowest BCUT2D eigenvalue weighted by Gasteiger charge is -2.27. The van der Waals surface area contributed by atoms with Crippen molar-refractivity contribution in [3.8, 4) is 0 Å². The first kappa shape index (κ1) is 19.2. The van der Waals surface area contributed by atoms with Crippen molar-refractivity contribution in [2.45, 2.75) is 43.9 Å². The van der Waals surface area contributed by atoms with E-state index in [2.05, 4.69) is 27.8 Å². The van der Waals surface area contributed by atoms with E-state index in [0.29, 0.717) is 5.84 Å². The Labute approximate surface area is 153 Å². The Kier molecular flexibility index (Phi) is 7.24. The molecule has 1 aromatic heterocycles. The number of pyridine rings is 1. The number of nitrogens with zero attached hydrogens (tertiary/aromatic N) is 2. The molecule has 134 valence electrons. The highest BCUT2D eigenvalue weighted by molar-refractivity contribution is 7.97. The molecular weight excluding hydrogens is 332 g/mol. The number of aryl methyl sites for hydroxylation is 1. The molecule has 0 saturated heterocycles. The Hall–Kier alpha value is -2.09. The van der Waals surface area contributed by atoms with E-state index in [9.17, 15) is 0 Å². The van der Waals surface area contributed by atoms with Crippen LogP contribution in [0.4, 0.5) is 0 Å². The van der Waals surface area contributed by atoms with Crippen LogP contribution >= 0.6 is 11.9 Å². The number of aromatic nitrogens is 1. The zero-order chi connectivity index (χ0) is 18.2. The van der Waals surface area contributed by atoms with Crippen molar-refractivity contribution in [3.63, 3.8) is 0 Å². The van der Waals surface area contributed by atoms with E-state index in [-0.39, 0.29) is 5.92 Å². The lowest BCUT2D eigenvalue weighted by molar-refractivity contribution is 0.601. The highest BCUT2D eigenvalue weighted by Crippen LogP contribution is 2.38. The van der Waals surface area contributed by atoms with E-state index in [0.717, 1.165) is 52.9 Å². The van der Waals surface area contributed by atoms with Crippen molar-refractivity contribution in [1.82, 2.24) is 10.5 Å². The van der Waals surface area contributed by atoms with Crippen LogP contribution in [0.25, 0.3) is 0 Å². The van der Waals surface area contributed by atoms with Gasteiger partial charge in [-0.15, -0.1) is 5.10 Å². The molecule has 0 saturated carbocycles. The third kappa shape index (κ3) is 4.12. The summed E-state index contributed by atoms with van der Waals surface area (Å²) in [6.45, 7) is 4.00. The minimum Gasteiger partial charge on any atom is -0.382 e. The summed E-state index contributed by atoms with van der Waals surface area (Å²) in [5, 5.41) is 9.77. The maximum Gasteiger partial charge on any atom is 0.153 e. The molecule has 1 heterocycles. The fraction of sp³-hybridized carbons (Fsp3) is 0.333. The zero-order valence-corrected chi connectivity index (χ0v) is 15.5. The van der Waals surface area contributed by atoms with E-state index >= 15 is 0 Å². The molecule has 0 spiro atoms. The molecule has 25 heavy (non-hydrogen) atoms. The molecule has 3 rings (SSSR count). The minimum atomic E-state index is 0.237. The second kappa shape index (κ2) is 9.41. The molecule has 0 radical (unpaired) electrons. The molecule has 0 aliphatic heterocycles. The van der Waals surface area contributed by atoms with Crippen LogP contribution < -0.4 is 22.3 Å². The largest absolute Gasteiger partial charge is 0.382 e. The van der Waals surface area contributed by atoms with Gasteiger partial charge in [-0.3, -0.25) is 10.1 Å². The maximum absolute atomic E-state index is 6.13. The zero-order valence-electron chi connectivity index (χ0n) is 14.7. The standard InChI is InChI=1S/C16H20N6S.C2H6/c17-16(21-22-18)15-12(5-2-8-14(15)23-19)10-4-1-7-13-11(10)6-3-9-20-13;1-2/h2-3,5-6,8-10,22H,1,4,7,18-19H2,(H2,17,21);1-2H3. The summed E-state index contributed by atoms with van der Waals surface area (Å²) in [6.07, 6.45) is 5.01. The van der Waals surface area contributed by atoms with Gasteiger partial charge in [0.2, 0.25) is 0 Å². The molecule has 1 aliphatic rings. The molecule has 1 aliphatic carbocycles. The number of amidine groups is 1. The molecule has 0 fully saturated rings. The Morgan fingerprint density at radius 3 is 2.72 bits per heavy atom. The molecule has 1 unspecified atom stereocenters.